The molecule has 4 heteroatoms. The van der Waals surface area contributed by atoms with Crippen LogP contribution in [0.3, 0.4) is 0 Å². The molecule has 0 atom stereocenters. The van der Waals surface area contributed by atoms with Gasteiger partial charge in [0.1, 0.15) is 23.0 Å². The van der Waals surface area contributed by atoms with Gasteiger partial charge in [-0.3, -0.25) is 0 Å². The highest BCUT2D eigenvalue weighted by Crippen LogP contribution is 2.32. The van der Waals surface area contributed by atoms with Crippen LogP contribution < -0.4 is 18.9 Å². The van der Waals surface area contributed by atoms with Crippen LogP contribution in [-0.4, -0.2) is 27.4 Å². The summed E-state index contributed by atoms with van der Waals surface area (Å²) in [5.74, 6) is 3.42. The van der Waals surface area contributed by atoms with Crippen molar-refractivity contribution in [2.24, 2.45) is 0 Å². The second-order valence-corrected chi connectivity index (χ2v) is 11.4. The fourth-order valence-corrected chi connectivity index (χ4v) is 5.07. The Hall–Kier alpha value is -3.66. The second-order valence-electron chi connectivity index (χ2n) is 11.4. The van der Waals surface area contributed by atoms with Crippen LogP contribution in [-0.2, 0) is 0 Å². The fraction of sp³-hybridized carbons (Fsp3) is 0.450. The van der Waals surface area contributed by atoms with Gasteiger partial charge in [0.15, 0.2) is 0 Å². The van der Waals surface area contributed by atoms with E-state index in [1.807, 2.05) is 36.4 Å². The topological polar surface area (TPSA) is 36.9 Å². The van der Waals surface area contributed by atoms with E-state index < -0.39 is 0 Å². The van der Waals surface area contributed by atoms with Crippen LogP contribution >= 0.6 is 0 Å². The van der Waals surface area contributed by atoms with Crippen LogP contribution in [0.2, 0.25) is 0 Å². The molecular formula is C40H54O4. The molecule has 0 saturated heterocycles. The first-order valence-electron chi connectivity index (χ1n) is 16.7. The summed E-state index contributed by atoms with van der Waals surface area (Å²) in [6.07, 6.45) is 23.5. The lowest BCUT2D eigenvalue weighted by Crippen LogP contribution is -1.97. The van der Waals surface area contributed by atoms with Crippen molar-refractivity contribution >= 4 is 24.3 Å². The minimum absolute atomic E-state index is 0.776. The number of ether oxygens (including phenoxy) is 4. The number of hydrogen-bond donors (Lipinski definition) is 0. The van der Waals surface area contributed by atoms with Crippen molar-refractivity contribution in [3.05, 3.63) is 82.9 Å². The predicted octanol–water partition coefficient (Wildman–Crippen LogP) is 11.5. The SMILES string of the molecule is CCCCCCCCOc1ccc(/C=C/c2cc(OC)c(/C=C/c3ccc(OCCCCCCCC)cc3)cc2OC)cc1. The molecule has 0 amide bonds. The minimum Gasteiger partial charge on any atom is -0.496 e. The van der Waals surface area contributed by atoms with Crippen molar-refractivity contribution in [3.63, 3.8) is 0 Å². The fourth-order valence-electron chi connectivity index (χ4n) is 5.07. The number of rotatable bonds is 22. The number of benzene rings is 3. The normalized spacial score (nSPS) is 11.4. The third kappa shape index (κ3) is 12.9. The van der Waals surface area contributed by atoms with Crippen molar-refractivity contribution in [3.8, 4) is 23.0 Å². The van der Waals surface area contributed by atoms with Crippen LogP contribution in [0.15, 0.2) is 60.7 Å². The van der Waals surface area contributed by atoms with Crippen molar-refractivity contribution in [2.75, 3.05) is 27.4 Å². The van der Waals surface area contributed by atoms with Crippen LogP contribution in [0.1, 0.15) is 113 Å². The van der Waals surface area contributed by atoms with E-state index >= 15 is 0 Å². The lowest BCUT2D eigenvalue weighted by Gasteiger charge is -2.11. The smallest absolute Gasteiger partial charge is 0.126 e. The zero-order valence-corrected chi connectivity index (χ0v) is 27.6. The Labute approximate surface area is 267 Å². The van der Waals surface area contributed by atoms with Gasteiger partial charge < -0.3 is 18.9 Å². The quantitative estimate of drug-likeness (QED) is 0.0851. The molecule has 238 valence electrons. The minimum atomic E-state index is 0.776. The molecule has 0 N–H and O–H groups in total. The first-order valence-corrected chi connectivity index (χ1v) is 16.7. The van der Waals surface area contributed by atoms with Gasteiger partial charge in [-0.15, -0.1) is 0 Å². The predicted molar refractivity (Wildman–Crippen MR) is 188 cm³/mol. The first-order chi connectivity index (χ1) is 21.7. The maximum absolute atomic E-state index is 5.93. The third-order valence-corrected chi connectivity index (χ3v) is 7.79. The largest absolute Gasteiger partial charge is 0.496 e. The van der Waals surface area contributed by atoms with Crippen molar-refractivity contribution in [1.82, 2.24) is 0 Å². The molecule has 0 aromatic heterocycles. The molecule has 4 nitrogen and oxygen atoms in total. The highest BCUT2D eigenvalue weighted by molar-refractivity contribution is 5.79. The molecule has 44 heavy (non-hydrogen) atoms. The average molecular weight is 599 g/mol. The summed E-state index contributed by atoms with van der Waals surface area (Å²) in [6, 6.07) is 20.5. The molecule has 3 rings (SSSR count). The molecule has 0 aliphatic carbocycles. The van der Waals surface area contributed by atoms with Gasteiger partial charge in [-0.25, -0.2) is 0 Å². The molecule has 0 radical (unpaired) electrons. The summed E-state index contributed by atoms with van der Waals surface area (Å²) in [5.41, 5.74) is 4.11. The van der Waals surface area contributed by atoms with E-state index in [1.165, 1.54) is 64.2 Å². The molecule has 0 saturated carbocycles. The zero-order chi connectivity index (χ0) is 31.2. The van der Waals surface area contributed by atoms with E-state index in [0.29, 0.717) is 0 Å². The molecule has 0 bridgehead atoms. The van der Waals surface area contributed by atoms with Gasteiger partial charge in [0, 0.05) is 11.1 Å². The maximum atomic E-state index is 5.93. The van der Waals surface area contributed by atoms with Crippen LogP contribution in [0.25, 0.3) is 24.3 Å². The molecule has 0 aliphatic rings. The third-order valence-electron chi connectivity index (χ3n) is 7.79. The van der Waals surface area contributed by atoms with Gasteiger partial charge in [-0.05, 0) is 60.4 Å². The zero-order valence-electron chi connectivity index (χ0n) is 27.6. The molecule has 3 aromatic carbocycles. The van der Waals surface area contributed by atoms with Crippen LogP contribution in [0, 0.1) is 0 Å². The van der Waals surface area contributed by atoms with E-state index in [-0.39, 0.29) is 0 Å². The summed E-state index contributed by atoms with van der Waals surface area (Å²) in [4.78, 5) is 0. The molecular weight excluding hydrogens is 544 g/mol. The van der Waals surface area contributed by atoms with E-state index in [2.05, 4.69) is 62.4 Å². The highest BCUT2D eigenvalue weighted by Gasteiger charge is 2.08. The first kappa shape index (κ1) is 34.8. The summed E-state index contributed by atoms with van der Waals surface area (Å²) < 4.78 is 23.3. The molecule has 0 spiro atoms. The van der Waals surface area contributed by atoms with Gasteiger partial charge in [0.25, 0.3) is 0 Å². The van der Waals surface area contributed by atoms with Crippen molar-refractivity contribution in [1.29, 1.82) is 0 Å². The Morgan fingerprint density at radius 2 is 0.818 bits per heavy atom. The van der Waals surface area contributed by atoms with E-state index in [4.69, 9.17) is 18.9 Å². The second kappa shape index (κ2) is 21.1. The standard InChI is InChI=1S/C40H54O4/c1-5-7-9-11-13-15-29-43-37-25-19-33(20-26-37)17-23-35-31-40(42-4)36(32-39(35)41-3)24-18-34-21-27-38(28-22-34)44-30-16-14-12-10-8-6-2/h17-28,31-32H,5-16,29-30H2,1-4H3/b23-17+,24-18+. The van der Waals surface area contributed by atoms with Gasteiger partial charge in [-0.1, -0.05) is 127 Å². The molecule has 0 unspecified atom stereocenters. The molecule has 3 aromatic rings. The van der Waals surface area contributed by atoms with Gasteiger partial charge in [0.2, 0.25) is 0 Å². The summed E-state index contributed by atoms with van der Waals surface area (Å²) in [6.45, 7) is 6.05. The Kier molecular flexibility index (Phi) is 16.7. The summed E-state index contributed by atoms with van der Waals surface area (Å²) >= 11 is 0. The Bertz CT molecular complexity index is 1140. The Morgan fingerprint density at radius 3 is 1.18 bits per heavy atom. The number of methoxy groups -OCH3 is 2. The molecule has 0 heterocycles. The van der Waals surface area contributed by atoms with Crippen LogP contribution in [0.4, 0.5) is 0 Å². The lowest BCUT2D eigenvalue weighted by atomic mass is 10.1. The average Bonchev–Trinajstić information content (AvgIpc) is 3.06. The highest BCUT2D eigenvalue weighted by atomic mass is 16.5. The van der Waals surface area contributed by atoms with E-state index in [1.54, 1.807) is 14.2 Å². The van der Waals surface area contributed by atoms with Gasteiger partial charge in [-0.2, -0.15) is 0 Å². The van der Waals surface area contributed by atoms with E-state index in [9.17, 15) is 0 Å². The summed E-state index contributed by atoms with van der Waals surface area (Å²) in [7, 11) is 3.40. The lowest BCUT2D eigenvalue weighted by molar-refractivity contribution is 0.304. The maximum Gasteiger partial charge on any atom is 0.126 e. The van der Waals surface area contributed by atoms with Gasteiger partial charge >= 0.3 is 0 Å². The van der Waals surface area contributed by atoms with Crippen molar-refractivity contribution < 1.29 is 18.9 Å². The summed E-state index contributed by atoms with van der Waals surface area (Å²) in [5, 5.41) is 0. The number of hydrogen-bond acceptors (Lipinski definition) is 4. The Balaban J connectivity index is 1.54. The Morgan fingerprint density at radius 1 is 0.455 bits per heavy atom. The van der Waals surface area contributed by atoms with E-state index in [0.717, 1.165) is 71.3 Å². The van der Waals surface area contributed by atoms with Gasteiger partial charge in [0.05, 0.1) is 27.4 Å². The molecule has 0 fully saturated rings. The monoisotopic (exact) mass is 598 g/mol. The molecule has 0 aliphatic heterocycles. The van der Waals surface area contributed by atoms with Crippen LogP contribution in [0.5, 0.6) is 23.0 Å². The van der Waals surface area contributed by atoms with Crippen molar-refractivity contribution in [2.45, 2.75) is 90.9 Å². The number of unbranched alkanes of at least 4 members (excludes halogenated alkanes) is 10.